The molecule has 0 aliphatic rings. The van der Waals surface area contributed by atoms with Gasteiger partial charge in [-0.15, -0.1) is 0 Å². The number of benzene rings is 3. The SMILES string of the molecule is C=CC(=O)OCCCCCCCCCCCOc1ccc(C(=O)Oc2ccc(OC(=O)c3ccc(OCCCCCCCC(C)C)cc3)cc2)cc1. The molecule has 3 aromatic rings. The summed E-state index contributed by atoms with van der Waals surface area (Å²) in [5.41, 5.74) is 0.826. The zero-order chi connectivity index (χ0) is 37.2. The maximum absolute atomic E-state index is 12.7. The van der Waals surface area contributed by atoms with Crippen molar-refractivity contribution in [3.63, 3.8) is 0 Å². The fourth-order valence-electron chi connectivity index (χ4n) is 5.52. The molecule has 3 aromatic carbocycles. The van der Waals surface area contributed by atoms with E-state index in [4.69, 9.17) is 23.7 Å². The fraction of sp³-hybridized carbons (Fsp3) is 0.477. The highest BCUT2D eigenvalue weighted by Crippen LogP contribution is 2.22. The molecule has 0 aromatic heterocycles. The summed E-state index contributed by atoms with van der Waals surface area (Å²) in [6.07, 6.45) is 18.5. The van der Waals surface area contributed by atoms with Gasteiger partial charge in [0.05, 0.1) is 30.9 Å². The van der Waals surface area contributed by atoms with Crippen molar-refractivity contribution in [1.82, 2.24) is 0 Å². The summed E-state index contributed by atoms with van der Waals surface area (Å²) >= 11 is 0. The number of unbranched alkanes of at least 4 members (excludes halogenated alkanes) is 12. The van der Waals surface area contributed by atoms with Gasteiger partial charge in [0.25, 0.3) is 0 Å². The second kappa shape index (κ2) is 25.4. The van der Waals surface area contributed by atoms with Crippen LogP contribution in [0.1, 0.15) is 131 Å². The van der Waals surface area contributed by atoms with Gasteiger partial charge in [-0.3, -0.25) is 0 Å². The molecule has 282 valence electrons. The summed E-state index contributed by atoms with van der Waals surface area (Å²) in [6.45, 7) is 9.68. The third-order valence-electron chi connectivity index (χ3n) is 8.59. The van der Waals surface area contributed by atoms with Crippen LogP contribution >= 0.6 is 0 Å². The van der Waals surface area contributed by atoms with Gasteiger partial charge in [-0.25, -0.2) is 14.4 Å². The molecule has 0 spiro atoms. The van der Waals surface area contributed by atoms with Crippen molar-refractivity contribution < 1.29 is 38.1 Å². The number of hydrogen-bond acceptors (Lipinski definition) is 8. The molecule has 0 saturated heterocycles. The molecule has 0 unspecified atom stereocenters. The highest BCUT2D eigenvalue weighted by Gasteiger charge is 2.12. The lowest BCUT2D eigenvalue weighted by atomic mass is 10.0. The third kappa shape index (κ3) is 18.1. The first-order chi connectivity index (χ1) is 25.3. The molecule has 8 nitrogen and oxygen atoms in total. The summed E-state index contributed by atoms with van der Waals surface area (Å²) in [6, 6.07) is 20.2. The van der Waals surface area contributed by atoms with Gasteiger partial charge < -0.3 is 23.7 Å². The topological polar surface area (TPSA) is 97.4 Å². The van der Waals surface area contributed by atoms with Crippen LogP contribution in [0.25, 0.3) is 0 Å². The van der Waals surface area contributed by atoms with Crippen LogP contribution in [0.5, 0.6) is 23.0 Å². The van der Waals surface area contributed by atoms with Crippen LogP contribution in [0.2, 0.25) is 0 Å². The van der Waals surface area contributed by atoms with E-state index < -0.39 is 11.9 Å². The van der Waals surface area contributed by atoms with E-state index in [1.807, 2.05) is 0 Å². The van der Waals surface area contributed by atoms with Gasteiger partial charge in [-0.2, -0.15) is 0 Å². The fourth-order valence-corrected chi connectivity index (χ4v) is 5.52. The smallest absolute Gasteiger partial charge is 0.343 e. The molecule has 0 aliphatic heterocycles. The number of carbonyl (C=O) groups is 3. The lowest BCUT2D eigenvalue weighted by molar-refractivity contribution is -0.137. The second-order valence-corrected chi connectivity index (χ2v) is 13.5. The third-order valence-corrected chi connectivity index (χ3v) is 8.59. The maximum Gasteiger partial charge on any atom is 0.343 e. The first kappa shape index (κ1) is 41.8. The second-order valence-electron chi connectivity index (χ2n) is 13.5. The molecule has 52 heavy (non-hydrogen) atoms. The van der Waals surface area contributed by atoms with Crippen LogP contribution in [0.3, 0.4) is 0 Å². The highest BCUT2D eigenvalue weighted by atomic mass is 16.5. The Hall–Kier alpha value is -4.59. The van der Waals surface area contributed by atoms with Crippen molar-refractivity contribution in [3.8, 4) is 23.0 Å². The Morgan fingerprint density at radius 2 is 0.846 bits per heavy atom. The number of rotatable bonds is 27. The summed E-state index contributed by atoms with van der Waals surface area (Å²) in [5.74, 6) is 1.58. The molecule has 0 fully saturated rings. The predicted molar refractivity (Wildman–Crippen MR) is 205 cm³/mol. The summed E-state index contributed by atoms with van der Waals surface area (Å²) < 4.78 is 27.7. The van der Waals surface area contributed by atoms with Gasteiger partial charge in [0.1, 0.15) is 23.0 Å². The molecule has 0 amide bonds. The van der Waals surface area contributed by atoms with E-state index in [1.165, 1.54) is 57.4 Å². The molecule has 0 saturated carbocycles. The van der Waals surface area contributed by atoms with Crippen LogP contribution in [0.4, 0.5) is 0 Å². The average molecular weight is 715 g/mol. The van der Waals surface area contributed by atoms with E-state index in [2.05, 4.69) is 20.4 Å². The molecule has 0 atom stereocenters. The van der Waals surface area contributed by atoms with E-state index in [0.29, 0.717) is 48.2 Å². The van der Waals surface area contributed by atoms with Crippen LogP contribution in [-0.4, -0.2) is 37.7 Å². The largest absolute Gasteiger partial charge is 0.494 e. The lowest BCUT2D eigenvalue weighted by Crippen LogP contribution is -2.09. The molecule has 3 rings (SSSR count). The standard InChI is InChI=1S/C44H58O8/c1-4-42(45)50-34-18-13-9-7-5-6-8-12-16-32-48-38-24-20-36(21-25-38)43(46)51-40-28-30-41(31-29-40)52-44(47)37-22-26-39(27-23-37)49-33-17-14-10-11-15-19-35(2)3/h4,20-31,35H,1,5-19,32-34H2,2-3H3. The number of hydrogen-bond donors (Lipinski definition) is 0. The Kier molecular flexibility index (Phi) is 20.4. The normalized spacial score (nSPS) is 10.8. The minimum absolute atomic E-state index is 0.341. The molecule has 8 heteroatoms. The summed E-state index contributed by atoms with van der Waals surface area (Å²) in [5, 5.41) is 0. The van der Waals surface area contributed by atoms with Crippen molar-refractivity contribution in [2.45, 2.75) is 110 Å². The van der Waals surface area contributed by atoms with E-state index in [0.717, 1.165) is 56.6 Å². The Morgan fingerprint density at radius 3 is 1.23 bits per heavy atom. The zero-order valence-electron chi connectivity index (χ0n) is 31.3. The molecule has 0 heterocycles. The van der Waals surface area contributed by atoms with Gasteiger partial charge >= 0.3 is 17.9 Å². The quantitative estimate of drug-likeness (QED) is 0.0333. The van der Waals surface area contributed by atoms with Crippen LogP contribution < -0.4 is 18.9 Å². The van der Waals surface area contributed by atoms with Gasteiger partial charge in [0, 0.05) is 6.08 Å². The molecular formula is C44H58O8. The van der Waals surface area contributed by atoms with Crippen molar-refractivity contribution in [2.75, 3.05) is 19.8 Å². The predicted octanol–water partition coefficient (Wildman–Crippen LogP) is 11.1. The monoisotopic (exact) mass is 714 g/mol. The Bertz CT molecular complexity index is 1450. The van der Waals surface area contributed by atoms with Crippen molar-refractivity contribution in [1.29, 1.82) is 0 Å². The summed E-state index contributed by atoms with van der Waals surface area (Å²) in [4.78, 5) is 36.3. The van der Waals surface area contributed by atoms with E-state index in [-0.39, 0.29) is 5.97 Å². The first-order valence-electron chi connectivity index (χ1n) is 19.1. The average Bonchev–Trinajstić information content (AvgIpc) is 3.15. The Labute approximate surface area is 310 Å². The Balaban J connectivity index is 1.25. The first-order valence-corrected chi connectivity index (χ1v) is 19.1. The van der Waals surface area contributed by atoms with Crippen molar-refractivity contribution in [3.05, 3.63) is 96.6 Å². The number of ether oxygens (including phenoxy) is 5. The van der Waals surface area contributed by atoms with E-state index in [1.54, 1.807) is 72.8 Å². The van der Waals surface area contributed by atoms with E-state index in [9.17, 15) is 14.4 Å². The minimum atomic E-state index is -0.489. The minimum Gasteiger partial charge on any atom is -0.494 e. The maximum atomic E-state index is 12.7. The van der Waals surface area contributed by atoms with Crippen LogP contribution in [-0.2, 0) is 9.53 Å². The summed E-state index contributed by atoms with van der Waals surface area (Å²) in [7, 11) is 0. The van der Waals surface area contributed by atoms with Gasteiger partial charge in [0.2, 0.25) is 0 Å². The van der Waals surface area contributed by atoms with Crippen LogP contribution in [0.15, 0.2) is 85.5 Å². The zero-order valence-corrected chi connectivity index (χ0v) is 31.3. The number of carbonyl (C=O) groups excluding carboxylic acids is 3. The van der Waals surface area contributed by atoms with Gasteiger partial charge in [-0.1, -0.05) is 97.5 Å². The van der Waals surface area contributed by atoms with Gasteiger partial charge in [0.15, 0.2) is 0 Å². The van der Waals surface area contributed by atoms with Crippen LogP contribution in [0, 0.1) is 5.92 Å². The van der Waals surface area contributed by atoms with E-state index >= 15 is 0 Å². The van der Waals surface area contributed by atoms with Gasteiger partial charge in [-0.05, 0) is 98.0 Å². The highest BCUT2D eigenvalue weighted by molar-refractivity contribution is 5.92. The molecule has 0 bridgehead atoms. The molecule has 0 aliphatic carbocycles. The molecule has 0 N–H and O–H groups in total. The van der Waals surface area contributed by atoms with Crippen molar-refractivity contribution >= 4 is 17.9 Å². The number of esters is 3. The molecule has 0 radical (unpaired) electrons. The Morgan fingerprint density at radius 1 is 0.500 bits per heavy atom. The molecular weight excluding hydrogens is 656 g/mol. The van der Waals surface area contributed by atoms with Crippen molar-refractivity contribution in [2.24, 2.45) is 5.92 Å². The lowest BCUT2D eigenvalue weighted by Gasteiger charge is -2.09.